The molecule has 0 aliphatic carbocycles. The highest BCUT2D eigenvalue weighted by Gasteiger charge is 2.28. The van der Waals surface area contributed by atoms with E-state index in [-0.39, 0.29) is 53.3 Å². The Morgan fingerprint density at radius 1 is 1.06 bits per heavy atom. The molecule has 0 fully saturated rings. The third-order valence-corrected chi connectivity index (χ3v) is 4.90. The number of nitrogens with one attached hydrogen (secondary N) is 1. The van der Waals surface area contributed by atoms with E-state index >= 15 is 0 Å². The molecule has 33 heavy (non-hydrogen) atoms. The molecule has 170 valence electrons. The average Bonchev–Trinajstić information content (AvgIpc) is 3.25. The van der Waals surface area contributed by atoms with Crippen LogP contribution >= 0.6 is 0 Å². The fourth-order valence-corrected chi connectivity index (χ4v) is 3.27. The number of ether oxygens (including phenoxy) is 2. The number of hydrogen-bond acceptors (Lipinski definition) is 5. The first-order chi connectivity index (χ1) is 15.9. The van der Waals surface area contributed by atoms with Crippen LogP contribution in [-0.2, 0) is 9.47 Å². The van der Waals surface area contributed by atoms with Crippen LogP contribution in [0, 0.1) is 30.4 Å². The topological polar surface area (TPSA) is 88.6 Å². The van der Waals surface area contributed by atoms with Crippen molar-refractivity contribution in [3.8, 4) is 23.0 Å². The van der Waals surface area contributed by atoms with Gasteiger partial charge in [-0.15, -0.1) is 0 Å². The van der Waals surface area contributed by atoms with Gasteiger partial charge in [-0.1, -0.05) is 11.8 Å². The normalized spacial score (nSPS) is 10.5. The fraction of sp³-hybridized carbons (Fsp3) is 0.200. The molecule has 0 amide bonds. The van der Waals surface area contributed by atoms with E-state index in [2.05, 4.69) is 16.8 Å². The molecule has 0 saturated carbocycles. The number of carbonyl (C=O) groups excluding carboxylic acids is 2. The zero-order valence-corrected chi connectivity index (χ0v) is 18.0. The Labute approximate surface area is 189 Å². The molecule has 3 rings (SSSR count). The molecule has 0 radical (unpaired) electrons. The van der Waals surface area contributed by atoms with Crippen molar-refractivity contribution in [2.75, 3.05) is 26.9 Å². The van der Waals surface area contributed by atoms with E-state index in [1.54, 1.807) is 12.1 Å². The third-order valence-electron chi connectivity index (χ3n) is 4.90. The number of carbonyl (C=O) groups is 2. The fourth-order valence-electron chi connectivity index (χ4n) is 3.27. The van der Waals surface area contributed by atoms with Crippen molar-refractivity contribution in [2.45, 2.75) is 6.92 Å². The van der Waals surface area contributed by atoms with E-state index in [9.17, 15) is 18.4 Å². The summed E-state index contributed by atoms with van der Waals surface area (Å²) in [6, 6.07) is 8.26. The number of H-pyrrole nitrogens is 1. The van der Waals surface area contributed by atoms with Crippen LogP contribution in [0.5, 0.6) is 0 Å². The van der Waals surface area contributed by atoms with E-state index in [4.69, 9.17) is 14.6 Å². The van der Waals surface area contributed by atoms with Crippen molar-refractivity contribution in [1.29, 1.82) is 0 Å². The largest absolute Gasteiger partial charge is 0.465 e. The SMILES string of the molecule is COC(=O)c1c[nH]c(C(=O)c2ccc(C#CCOCCO)cc2)c1-c1c(F)ccc(F)c1C. The molecule has 0 saturated heterocycles. The molecular weight excluding hydrogens is 432 g/mol. The molecule has 0 aliphatic rings. The lowest BCUT2D eigenvalue weighted by Crippen LogP contribution is -2.08. The first kappa shape index (κ1) is 23.9. The number of hydrogen-bond donors (Lipinski definition) is 2. The second-order valence-corrected chi connectivity index (χ2v) is 6.96. The zero-order valence-electron chi connectivity index (χ0n) is 18.0. The highest BCUT2D eigenvalue weighted by atomic mass is 19.1. The van der Waals surface area contributed by atoms with Gasteiger partial charge in [0.2, 0.25) is 5.78 Å². The van der Waals surface area contributed by atoms with Crippen LogP contribution < -0.4 is 0 Å². The summed E-state index contributed by atoms with van der Waals surface area (Å²) < 4.78 is 38.8. The number of methoxy groups -OCH3 is 1. The van der Waals surface area contributed by atoms with Gasteiger partial charge in [0.15, 0.2) is 0 Å². The number of aliphatic hydroxyl groups excluding tert-OH is 1. The van der Waals surface area contributed by atoms with Gasteiger partial charge in [0.25, 0.3) is 0 Å². The number of ketones is 1. The van der Waals surface area contributed by atoms with Crippen LogP contribution in [0.1, 0.15) is 37.5 Å². The number of aromatic nitrogens is 1. The molecule has 0 spiro atoms. The maximum Gasteiger partial charge on any atom is 0.340 e. The predicted octanol–water partition coefficient (Wildman–Crippen LogP) is 3.65. The van der Waals surface area contributed by atoms with E-state index in [1.165, 1.54) is 25.3 Å². The first-order valence-electron chi connectivity index (χ1n) is 9.96. The molecule has 0 bridgehead atoms. The molecule has 6 nitrogen and oxygen atoms in total. The summed E-state index contributed by atoms with van der Waals surface area (Å²) in [5.41, 5.74) is 0.441. The standard InChI is InChI=1S/C25H21F2NO5/c1-15-19(26)9-10-20(27)21(15)22-18(25(31)32-2)14-28-23(22)24(30)17-7-5-16(6-8-17)4-3-12-33-13-11-29/h5-10,14,28-29H,11-13H2,1-2H3. The lowest BCUT2D eigenvalue weighted by atomic mass is 9.93. The molecular formula is C25H21F2NO5. The number of esters is 1. The van der Waals surface area contributed by atoms with Crippen molar-refractivity contribution in [3.05, 3.63) is 82.2 Å². The van der Waals surface area contributed by atoms with Crippen LogP contribution in [0.3, 0.4) is 0 Å². The Hall–Kier alpha value is -3.80. The summed E-state index contributed by atoms with van der Waals surface area (Å²) in [6.45, 7) is 1.63. The Morgan fingerprint density at radius 3 is 2.42 bits per heavy atom. The summed E-state index contributed by atoms with van der Waals surface area (Å²) in [6.07, 6.45) is 1.24. The van der Waals surface area contributed by atoms with Gasteiger partial charge >= 0.3 is 5.97 Å². The van der Waals surface area contributed by atoms with Gasteiger partial charge in [-0.2, -0.15) is 0 Å². The van der Waals surface area contributed by atoms with Gasteiger partial charge in [-0.3, -0.25) is 4.79 Å². The third kappa shape index (κ3) is 5.17. The van der Waals surface area contributed by atoms with Crippen LogP contribution in [0.25, 0.3) is 11.1 Å². The first-order valence-corrected chi connectivity index (χ1v) is 9.96. The Kier molecular flexibility index (Phi) is 7.72. The van der Waals surface area contributed by atoms with Crippen molar-refractivity contribution in [3.63, 3.8) is 0 Å². The number of rotatable bonds is 7. The molecule has 1 aromatic heterocycles. The molecule has 3 aromatic rings. The molecule has 8 heteroatoms. The Balaban J connectivity index is 2.01. The highest BCUT2D eigenvalue weighted by Crippen LogP contribution is 2.35. The molecule has 2 aromatic carbocycles. The van der Waals surface area contributed by atoms with Gasteiger partial charge in [-0.25, -0.2) is 13.6 Å². The van der Waals surface area contributed by atoms with Gasteiger partial charge in [0.05, 0.1) is 31.6 Å². The maximum atomic E-state index is 14.8. The minimum Gasteiger partial charge on any atom is -0.465 e. The van der Waals surface area contributed by atoms with Gasteiger partial charge < -0.3 is 19.6 Å². The second kappa shape index (κ2) is 10.7. The van der Waals surface area contributed by atoms with E-state index in [0.29, 0.717) is 5.56 Å². The van der Waals surface area contributed by atoms with E-state index < -0.39 is 23.4 Å². The number of aliphatic hydroxyl groups is 1. The van der Waals surface area contributed by atoms with Gasteiger partial charge in [0.1, 0.15) is 18.2 Å². The number of benzene rings is 2. The monoisotopic (exact) mass is 453 g/mol. The van der Waals surface area contributed by atoms with Crippen LogP contribution in [0.4, 0.5) is 8.78 Å². The van der Waals surface area contributed by atoms with Crippen LogP contribution in [-0.4, -0.2) is 48.8 Å². The summed E-state index contributed by atoms with van der Waals surface area (Å²) in [7, 11) is 1.16. The molecule has 0 atom stereocenters. The summed E-state index contributed by atoms with van der Waals surface area (Å²) in [5, 5.41) is 8.67. The van der Waals surface area contributed by atoms with Crippen molar-refractivity contribution < 1.29 is 33.0 Å². The molecule has 1 heterocycles. The minimum absolute atomic E-state index is 0.0390. The van der Waals surface area contributed by atoms with Gasteiger partial charge in [0, 0.05) is 28.5 Å². The highest BCUT2D eigenvalue weighted by molar-refractivity contribution is 6.15. The van der Waals surface area contributed by atoms with Crippen LogP contribution in [0.2, 0.25) is 0 Å². The summed E-state index contributed by atoms with van der Waals surface area (Å²) in [4.78, 5) is 28.3. The number of aromatic amines is 1. The average molecular weight is 453 g/mol. The molecule has 2 N–H and O–H groups in total. The predicted molar refractivity (Wildman–Crippen MR) is 117 cm³/mol. The Morgan fingerprint density at radius 2 is 1.76 bits per heavy atom. The maximum absolute atomic E-state index is 14.8. The minimum atomic E-state index is -0.794. The van der Waals surface area contributed by atoms with Crippen LogP contribution in [0.15, 0.2) is 42.6 Å². The van der Waals surface area contributed by atoms with Crippen molar-refractivity contribution in [2.24, 2.45) is 0 Å². The number of halogens is 2. The smallest absolute Gasteiger partial charge is 0.340 e. The van der Waals surface area contributed by atoms with Crippen molar-refractivity contribution >= 4 is 11.8 Å². The molecule has 0 unspecified atom stereocenters. The van der Waals surface area contributed by atoms with Gasteiger partial charge in [-0.05, 0) is 48.9 Å². The van der Waals surface area contributed by atoms with E-state index in [0.717, 1.165) is 19.2 Å². The second-order valence-electron chi connectivity index (χ2n) is 6.96. The lowest BCUT2D eigenvalue weighted by Gasteiger charge is -2.12. The summed E-state index contributed by atoms with van der Waals surface area (Å²) in [5.74, 6) is 2.89. The Bertz CT molecular complexity index is 1240. The lowest BCUT2D eigenvalue weighted by molar-refractivity contribution is 0.0601. The summed E-state index contributed by atoms with van der Waals surface area (Å²) >= 11 is 0. The quantitative estimate of drug-likeness (QED) is 0.247. The van der Waals surface area contributed by atoms with Crippen molar-refractivity contribution in [1.82, 2.24) is 4.98 Å². The van der Waals surface area contributed by atoms with E-state index in [1.807, 2.05) is 0 Å². The molecule has 0 aliphatic heterocycles. The zero-order chi connectivity index (χ0) is 24.0.